The van der Waals surface area contributed by atoms with Crippen molar-refractivity contribution in [3.8, 4) is 0 Å². The summed E-state index contributed by atoms with van der Waals surface area (Å²) >= 11 is 1.34. The second kappa shape index (κ2) is 6.41. The Hall–Kier alpha value is -1.34. The summed E-state index contributed by atoms with van der Waals surface area (Å²) in [6.07, 6.45) is 0. The van der Waals surface area contributed by atoms with Crippen molar-refractivity contribution >= 4 is 28.2 Å². The van der Waals surface area contributed by atoms with Gasteiger partial charge < -0.3 is 20.9 Å². The quantitative estimate of drug-likeness (QED) is 0.877. The van der Waals surface area contributed by atoms with E-state index >= 15 is 0 Å². The predicted molar refractivity (Wildman–Crippen MR) is 83.3 cm³/mol. The molecule has 0 bridgehead atoms. The fraction of sp³-hybridized carbons (Fsp3) is 0.692. The third kappa shape index (κ3) is 3.40. The molecule has 0 radical (unpaired) electrons. The second-order valence-electron chi connectivity index (χ2n) is 5.26. The van der Waals surface area contributed by atoms with Crippen LogP contribution in [-0.4, -0.2) is 59.5 Å². The van der Waals surface area contributed by atoms with Crippen molar-refractivity contribution in [3.63, 3.8) is 0 Å². The third-order valence-electron chi connectivity index (χ3n) is 3.37. The summed E-state index contributed by atoms with van der Waals surface area (Å²) in [4.78, 5) is 21.5. The van der Waals surface area contributed by atoms with Gasteiger partial charge in [-0.3, -0.25) is 4.79 Å². The van der Waals surface area contributed by atoms with Crippen molar-refractivity contribution in [1.29, 1.82) is 0 Å². The van der Waals surface area contributed by atoms with Gasteiger partial charge in [0.25, 0.3) is 5.91 Å². The van der Waals surface area contributed by atoms with Gasteiger partial charge in [0.2, 0.25) is 0 Å². The highest BCUT2D eigenvalue weighted by atomic mass is 32.1. The minimum atomic E-state index is 0.00700. The molecular formula is C13H23N5OS. The van der Waals surface area contributed by atoms with E-state index in [2.05, 4.69) is 22.1 Å². The standard InChI is InChI=1S/C13H23N5OS/c1-4-17-5-7-18(8-6-17)12(19)10-11(14)16-13(20-10)15-9(2)3/h9H,4-8,14H2,1-3H3,(H,15,16). The van der Waals surface area contributed by atoms with Crippen molar-refractivity contribution in [2.75, 3.05) is 43.8 Å². The number of likely N-dealkylation sites (N-methyl/N-ethyl adjacent to an activating group) is 1. The molecule has 0 saturated carbocycles. The van der Waals surface area contributed by atoms with Crippen LogP contribution < -0.4 is 11.1 Å². The Morgan fingerprint density at radius 2 is 2.05 bits per heavy atom. The fourth-order valence-electron chi connectivity index (χ4n) is 2.20. The molecule has 3 N–H and O–H groups in total. The molecule has 6 nitrogen and oxygen atoms in total. The monoisotopic (exact) mass is 297 g/mol. The third-order valence-corrected chi connectivity index (χ3v) is 4.36. The van der Waals surface area contributed by atoms with Crippen molar-refractivity contribution in [2.45, 2.75) is 26.8 Å². The number of carbonyl (C=O) groups excluding carboxylic acids is 1. The number of hydrogen-bond donors (Lipinski definition) is 2. The van der Waals surface area contributed by atoms with Crippen molar-refractivity contribution < 1.29 is 4.79 Å². The summed E-state index contributed by atoms with van der Waals surface area (Å²) in [7, 11) is 0. The lowest BCUT2D eigenvalue weighted by Crippen LogP contribution is -2.48. The van der Waals surface area contributed by atoms with E-state index < -0.39 is 0 Å². The number of nitrogens with zero attached hydrogens (tertiary/aromatic N) is 3. The summed E-state index contributed by atoms with van der Waals surface area (Å²) in [6.45, 7) is 10.6. The van der Waals surface area contributed by atoms with Crippen molar-refractivity contribution in [1.82, 2.24) is 14.8 Å². The first-order chi connectivity index (χ1) is 9.51. The first-order valence-corrected chi connectivity index (χ1v) is 7.87. The van der Waals surface area contributed by atoms with Gasteiger partial charge in [-0.2, -0.15) is 0 Å². The number of thiazole rings is 1. The van der Waals surface area contributed by atoms with Gasteiger partial charge in [-0.25, -0.2) is 4.98 Å². The highest BCUT2D eigenvalue weighted by Gasteiger charge is 2.25. The zero-order valence-corrected chi connectivity index (χ0v) is 13.2. The number of piperazine rings is 1. The van der Waals surface area contributed by atoms with Crippen LogP contribution in [0.25, 0.3) is 0 Å². The normalized spacial score (nSPS) is 16.7. The molecule has 2 heterocycles. The molecule has 1 aromatic rings. The number of amides is 1. The molecule has 112 valence electrons. The number of nitrogen functional groups attached to an aromatic ring is 1. The van der Waals surface area contributed by atoms with Gasteiger partial charge in [-0.05, 0) is 20.4 Å². The van der Waals surface area contributed by atoms with Crippen LogP contribution in [0, 0.1) is 0 Å². The largest absolute Gasteiger partial charge is 0.382 e. The first-order valence-electron chi connectivity index (χ1n) is 7.05. The summed E-state index contributed by atoms with van der Waals surface area (Å²) in [5.41, 5.74) is 5.88. The summed E-state index contributed by atoms with van der Waals surface area (Å²) in [6, 6.07) is 0.275. The molecule has 0 atom stereocenters. The van der Waals surface area contributed by atoms with E-state index in [4.69, 9.17) is 5.73 Å². The smallest absolute Gasteiger partial charge is 0.267 e. The fourth-order valence-corrected chi connectivity index (χ4v) is 3.20. The van der Waals surface area contributed by atoms with Gasteiger partial charge in [0.15, 0.2) is 5.13 Å². The number of nitrogens with two attached hydrogens (primary N) is 1. The number of aromatic nitrogens is 1. The lowest BCUT2D eigenvalue weighted by atomic mass is 10.3. The van der Waals surface area contributed by atoms with Crippen LogP contribution >= 0.6 is 11.3 Å². The topological polar surface area (TPSA) is 74.5 Å². The SMILES string of the molecule is CCN1CCN(C(=O)c2sc(NC(C)C)nc2N)CC1. The van der Waals surface area contributed by atoms with E-state index in [0.717, 1.165) is 32.7 Å². The molecular weight excluding hydrogens is 274 g/mol. The molecule has 2 rings (SSSR count). The van der Waals surface area contributed by atoms with Gasteiger partial charge in [-0.15, -0.1) is 0 Å². The van der Waals surface area contributed by atoms with E-state index in [9.17, 15) is 4.79 Å². The molecule has 0 aromatic carbocycles. The van der Waals surface area contributed by atoms with E-state index in [1.54, 1.807) is 0 Å². The predicted octanol–water partition coefficient (Wildman–Crippen LogP) is 1.32. The van der Waals surface area contributed by atoms with E-state index in [1.165, 1.54) is 11.3 Å². The van der Waals surface area contributed by atoms with Crippen LogP contribution in [0.15, 0.2) is 0 Å². The van der Waals surface area contributed by atoms with Crippen LogP contribution in [0.2, 0.25) is 0 Å². The molecule has 20 heavy (non-hydrogen) atoms. The Morgan fingerprint density at radius 3 is 2.60 bits per heavy atom. The number of rotatable bonds is 4. The molecule has 0 unspecified atom stereocenters. The van der Waals surface area contributed by atoms with E-state index in [-0.39, 0.29) is 11.9 Å². The van der Waals surface area contributed by atoms with E-state index in [0.29, 0.717) is 15.8 Å². The molecule has 7 heteroatoms. The average Bonchev–Trinajstić information content (AvgIpc) is 2.78. The minimum absolute atomic E-state index is 0.00700. The Labute approximate surface area is 124 Å². The summed E-state index contributed by atoms with van der Waals surface area (Å²) in [5.74, 6) is 0.341. The molecule has 1 saturated heterocycles. The maximum atomic E-state index is 12.5. The van der Waals surface area contributed by atoms with Gasteiger partial charge in [0.1, 0.15) is 10.7 Å². The maximum absolute atomic E-state index is 12.5. The van der Waals surface area contributed by atoms with E-state index in [1.807, 2.05) is 18.7 Å². The van der Waals surface area contributed by atoms with Gasteiger partial charge in [0.05, 0.1) is 0 Å². The molecule has 0 spiro atoms. The lowest BCUT2D eigenvalue weighted by Gasteiger charge is -2.33. The minimum Gasteiger partial charge on any atom is -0.382 e. The number of carbonyl (C=O) groups is 1. The van der Waals surface area contributed by atoms with Gasteiger partial charge >= 0.3 is 0 Å². The zero-order chi connectivity index (χ0) is 14.7. The van der Waals surface area contributed by atoms with Crippen molar-refractivity contribution in [3.05, 3.63) is 4.88 Å². The second-order valence-corrected chi connectivity index (χ2v) is 6.26. The maximum Gasteiger partial charge on any atom is 0.267 e. The van der Waals surface area contributed by atoms with Crippen molar-refractivity contribution in [2.24, 2.45) is 0 Å². The zero-order valence-electron chi connectivity index (χ0n) is 12.3. The van der Waals surface area contributed by atoms with Gasteiger partial charge in [0, 0.05) is 32.2 Å². The summed E-state index contributed by atoms with van der Waals surface area (Å²) in [5, 5.41) is 3.90. The Kier molecular flexibility index (Phi) is 4.82. The Bertz CT molecular complexity index is 465. The Balaban J connectivity index is 2.04. The lowest BCUT2D eigenvalue weighted by molar-refractivity contribution is 0.0649. The van der Waals surface area contributed by atoms with Gasteiger partial charge in [-0.1, -0.05) is 18.3 Å². The van der Waals surface area contributed by atoms with Crippen LogP contribution in [-0.2, 0) is 0 Å². The molecule has 1 aliphatic heterocycles. The number of anilines is 2. The molecule has 1 amide bonds. The highest BCUT2D eigenvalue weighted by molar-refractivity contribution is 7.18. The molecule has 1 aromatic heterocycles. The number of nitrogens with one attached hydrogen (secondary N) is 1. The van der Waals surface area contributed by atoms with Crippen LogP contribution in [0.3, 0.4) is 0 Å². The molecule has 1 aliphatic rings. The Morgan fingerprint density at radius 1 is 1.40 bits per heavy atom. The number of hydrogen-bond acceptors (Lipinski definition) is 6. The van der Waals surface area contributed by atoms with Crippen LogP contribution in [0.1, 0.15) is 30.4 Å². The van der Waals surface area contributed by atoms with Crippen LogP contribution in [0.5, 0.6) is 0 Å². The van der Waals surface area contributed by atoms with Crippen LogP contribution in [0.4, 0.5) is 10.9 Å². The summed E-state index contributed by atoms with van der Waals surface area (Å²) < 4.78 is 0. The first kappa shape index (κ1) is 15.1. The highest BCUT2D eigenvalue weighted by Crippen LogP contribution is 2.27. The molecule has 0 aliphatic carbocycles. The average molecular weight is 297 g/mol. The molecule has 1 fully saturated rings.